The van der Waals surface area contributed by atoms with Crippen molar-refractivity contribution in [1.82, 2.24) is 15.0 Å². The van der Waals surface area contributed by atoms with Gasteiger partial charge in [-0.2, -0.15) is 4.98 Å². The summed E-state index contributed by atoms with van der Waals surface area (Å²) < 4.78 is 18.7. The normalized spacial score (nSPS) is 17.5. The van der Waals surface area contributed by atoms with E-state index in [2.05, 4.69) is 20.3 Å². The number of rotatable bonds is 4. The SMILES string of the molecule is Nc1nc(NCc2cc3cc(F)ccc3[nH]2)cc([C@@H]2CCOC2)n1. The minimum atomic E-state index is -0.243. The molecule has 0 aliphatic carbocycles. The summed E-state index contributed by atoms with van der Waals surface area (Å²) in [5, 5.41) is 4.09. The van der Waals surface area contributed by atoms with Gasteiger partial charge in [-0.15, -0.1) is 0 Å². The number of ether oxygens (including phenoxy) is 1. The van der Waals surface area contributed by atoms with Crippen molar-refractivity contribution in [1.29, 1.82) is 0 Å². The zero-order chi connectivity index (χ0) is 16.5. The molecule has 7 heteroatoms. The molecule has 0 spiro atoms. The molecule has 1 atom stereocenters. The first-order chi connectivity index (χ1) is 11.7. The Morgan fingerprint density at radius 1 is 1.29 bits per heavy atom. The van der Waals surface area contributed by atoms with Crippen LogP contribution in [0.3, 0.4) is 0 Å². The fourth-order valence-electron chi connectivity index (χ4n) is 3.00. The second-order valence-corrected chi connectivity index (χ2v) is 5.98. The predicted octanol–water partition coefficient (Wildman–Crippen LogP) is 2.80. The van der Waals surface area contributed by atoms with E-state index >= 15 is 0 Å². The lowest BCUT2D eigenvalue weighted by molar-refractivity contribution is 0.193. The topological polar surface area (TPSA) is 88.8 Å². The van der Waals surface area contributed by atoms with E-state index in [1.165, 1.54) is 12.1 Å². The van der Waals surface area contributed by atoms with Crippen LogP contribution >= 0.6 is 0 Å². The third-order valence-corrected chi connectivity index (χ3v) is 4.21. The summed E-state index contributed by atoms with van der Waals surface area (Å²) in [7, 11) is 0. The Kier molecular flexibility index (Phi) is 3.78. The summed E-state index contributed by atoms with van der Waals surface area (Å²) in [6, 6.07) is 8.52. The lowest BCUT2D eigenvalue weighted by Crippen LogP contribution is -2.09. The van der Waals surface area contributed by atoms with E-state index in [9.17, 15) is 4.39 Å². The Hall–Kier alpha value is -2.67. The number of anilines is 2. The molecule has 1 aliphatic rings. The molecule has 1 aromatic carbocycles. The molecule has 124 valence electrons. The van der Waals surface area contributed by atoms with E-state index in [4.69, 9.17) is 10.5 Å². The molecule has 6 nitrogen and oxygen atoms in total. The Labute approximate surface area is 138 Å². The smallest absolute Gasteiger partial charge is 0.222 e. The van der Waals surface area contributed by atoms with Gasteiger partial charge in [0.1, 0.15) is 11.6 Å². The van der Waals surface area contributed by atoms with Crippen LogP contribution < -0.4 is 11.1 Å². The highest BCUT2D eigenvalue weighted by molar-refractivity contribution is 5.80. The van der Waals surface area contributed by atoms with E-state index in [0.29, 0.717) is 19.0 Å². The molecular formula is C17H18FN5O. The molecule has 0 saturated carbocycles. The molecule has 0 radical (unpaired) electrons. The second-order valence-electron chi connectivity index (χ2n) is 5.98. The number of nitrogens with one attached hydrogen (secondary N) is 2. The molecule has 1 aliphatic heterocycles. The van der Waals surface area contributed by atoms with Gasteiger partial charge in [0.05, 0.1) is 18.8 Å². The number of benzene rings is 1. The maximum Gasteiger partial charge on any atom is 0.222 e. The van der Waals surface area contributed by atoms with Gasteiger partial charge in [0, 0.05) is 35.2 Å². The number of aromatic nitrogens is 3. The number of H-pyrrole nitrogens is 1. The van der Waals surface area contributed by atoms with Crippen molar-refractivity contribution in [2.75, 3.05) is 24.3 Å². The summed E-state index contributed by atoms with van der Waals surface area (Å²) in [4.78, 5) is 11.8. The number of hydrogen-bond acceptors (Lipinski definition) is 5. The van der Waals surface area contributed by atoms with Crippen molar-refractivity contribution in [3.05, 3.63) is 47.5 Å². The first kappa shape index (κ1) is 14.9. The van der Waals surface area contributed by atoms with Crippen LogP contribution in [0.2, 0.25) is 0 Å². The number of halogens is 1. The number of nitrogens with zero attached hydrogens (tertiary/aromatic N) is 2. The molecule has 0 amide bonds. The van der Waals surface area contributed by atoms with Crippen LogP contribution in [0, 0.1) is 5.82 Å². The maximum atomic E-state index is 13.3. The molecule has 4 N–H and O–H groups in total. The zero-order valence-electron chi connectivity index (χ0n) is 13.1. The van der Waals surface area contributed by atoms with E-state index in [-0.39, 0.29) is 17.7 Å². The number of nitrogen functional groups attached to an aromatic ring is 1. The van der Waals surface area contributed by atoms with Gasteiger partial charge in [0.2, 0.25) is 5.95 Å². The summed E-state index contributed by atoms with van der Waals surface area (Å²) in [5.74, 6) is 0.953. The van der Waals surface area contributed by atoms with E-state index < -0.39 is 0 Å². The Morgan fingerprint density at radius 2 is 2.21 bits per heavy atom. The van der Waals surface area contributed by atoms with Crippen LogP contribution in [0.5, 0.6) is 0 Å². The van der Waals surface area contributed by atoms with Crippen LogP contribution in [0.1, 0.15) is 23.7 Å². The molecule has 1 fully saturated rings. The van der Waals surface area contributed by atoms with Crippen LogP contribution in [-0.4, -0.2) is 28.2 Å². The largest absolute Gasteiger partial charge is 0.381 e. The van der Waals surface area contributed by atoms with Gasteiger partial charge in [0.25, 0.3) is 0 Å². The summed E-state index contributed by atoms with van der Waals surface area (Å²) in [6.45, 7) is 1.96. The third kappa shape index (κ3) is 3.03. The van der Waals surface area contributed by atoms with Crippen LogP contribution in [0.25, 0.3) is 10.9 Å². The highest BCUT2D eigenvalue weighted by Crippen LogP contribution is 2.25. The third-order valence-electron chi connectivity index (χ3n) is 4.21. The summed E-state index contributed by atoms with van der Waals surface area (Å²) >= 11 is 0. The van der Waals surface area contributed by atoms with Gasteiger partial charge in [-0.25, -0.2) is 9.37 Å². The molecule has 0 unspecified atom stereocenters. The number of fused-ring (bicyclic) bond motifs is 1. The number of hydrogen-bond donors (Lipinski definition) is 3. The van der Waals surface area contributed by atoms with Crippen molar-refractivity contribution >= 4 is 22.7 Å². The molecule has 1 saturated heterocycles. The van der Waals surface area contributed by atoms with Gasteiger partial charge in [-0.1, -0.05) is 0 Å². The van der Waals surface area contributed by atoms with Crippen molar-refractivity contribution in [3.8, 4) is 0 Å². The van der Waals surface area contributed by atoms with Crippen molar-refractivity contribution in [2.24, 2.45) is 0 Å². The minimum absolute atomic E-state index is 0.243. The lowest BCUT2D eigenvalue weighted by Gasteiger charge is -2.11. The van der Waals surface area contributed by atoms with Crippen molar-refractivity contribution in [2.45, 2.75) is 18.9 Å². The summed E-state index contributed by atoms with van der Waals surface area (Å²) in [5.41, 5.74) is 8.57. The predicted molar refractivity (Wildman–Crippen MR) is 90.2 cm³/mol. The first-order valence-corrected chi connectivity index (χ1v) is 7.90. The molecular weight excluding hydrogens is 309 g/mol. The number of aromatic amines is 1. The van der Waals surface area contributed by atoms with Crippen molar-refractivity contribution < 1.29 is 9.13 Å². The zero-order valence-corrected chi connectivity index (χ0v) is 13.1. The van der Waals surface area contributed by atoms with E-state index in [1.54, 1.807) is 6.07 Å². The van der Waals surface area contributed by atoms with Gasteiger partial charge in [-0.3, -0.25) is 0 Å². The monoisotopic (exact) mass is 327 g/mol. The van der Waals surface area contributed by atoms with Crippen LogP contribution in [0.4, 0.5) is 16.2 Å². The molecule has 3 heterocycles. The molecule has 4 rings (SSSR count). The number of nitrogens with two attached hydrogens (primary N) is 1. The standard InChI is InChI=1S/C17H18FN5O/c18-12-1-2-14-11(5-12)6-13(21-14)8-20-16-7-15(22-17(19)23-16)10-3-4-24-9-10/h1-2,5-7,10,21H,3-4,8-9H2,(H3,19,20,22,23)/t10-/m1/s1. The van der Waals surface area contributed by atoms with E-state index in [1.807, 2.05) is 12.1 Å². The van der Waals surface area contributed by atoms with Crippen LogP contribution in [-0.2, 0) is 11.3 Å². The molecule has 3 aromatic rings. The van der Waals surface area contributed by atoms with E-state index in [0.717, 1.165) is 35.3 Å². The molecule has 0 bridgehead atoms. The van der Waals surface area contributed by atoms with Crippen LogP contribution in [0.15, 0.2) is 30.3 Å². The highest BCUT2D eigenvalue weighted by atomic mass is 19.1. The van der Waals surface area contributed by atoms with Gasteiger partial charge >= 0.3 is 0 Å². The van der Waals surface area contributed by atoms with Gasteiger partial charge < -0.3 is 20.8 Å². The van der Waals surface area contributed by atoms with Gasteiger partial charge in [-0.05, 0) is 30.7 Å². The average molecular weight is 327 g/mol. The quantitative estimate of drug-likeness (QED) is 0.686. The van der Waals surface area contributed by atoms with Crippen molar-refractivity contribution in [3.63, 3.8) is 0 Å². The molecule has 24 heavy (non-hydrogen) atoms. The first-order valence-electron chi connectivity index (χ1n) is 7.90. The maximum absolute atomic E-state index is 13.3. The highest BCUT2D eigenvalue weighted by Gasteiger charge is 2.20. The molecule has 2 aromatic heterocycles. The lowest BCUT2D eigenvalue weighted by atomic mass is 10.0. The Bertz CT molecular complexity index is 873. The Balaban J connectivity index is 1.51. The minimum Gasteiger partial charge on any atom is -0.381 e. The fraction of sp³-hybridized carbons (Fsp3) is 0.294. The average Bonchev–Trinajstić information content (AvgIpc) is 3.21. The summed E-state index contributed by atoms with van der Waals surface area (Å²) in [6.07, 6.45) is 0.948. The van der Waals surface area contributed by atoms with Gasteiger partial charge in [0.15, 0.2) is 0 Å². The second kappa shape index (κ2) is 6.09. The Morgan fingerprint density at radius 3 is 3.04 bits per heavy atom. The fourth-order valence-corrected chi connectivity index (χ4v) is 3.00.